The molecule has 2 atom stereocenters. The van der Waals surface area contributed by atoms with Crippen molar-refractivity contribution in [1.82, 2.24) is 4.90 Å². The molecule has 0 aromatic heterocycles. The maximum absolute atomic E-state index is 13.0. The van der Waals surface area contributed by atoms with Gasteiger partial charge in [0.2, 0.25) is 0 Å². The molecule has 1 heterocycles. The predicted octanol–water partition coefficient (Wildman–Crippen LogP) is 1.25. The molecule has 1 fully saturated rings. The Morgan fingerprint density at radius 2 is 2.11 bits per heavy atom. The molecular weight excluding hydrogens is 321 g/mol. The molecule has 0 aliphatic carbocycles. The quantitative estimate of drug-likeness (QED) is 0.854. The van der Waals surface area contributed by atoms with Gasteiger partial charge in [-0.3, -0.25) is 4.79 Å². The maximum Gasteiger partial charge on any atom is 0.326 e. The van der Waals surface area contributed by atoms with Crippen LogP contribution in [-0.2, 0) is 4.79 Å². The van der Waals surface area contributed by atoms with Crippen LogP contribution in [-0.4, -0.2) is 45.7 Å². The molecule has 2 unspecified atom stereocenters. The lowest BCUT2D eigenvalue weighted by molar-refractivity contribution is -0.141. The highest BCUT2D eigenvalue weighted by atomic mass is 79.9. The van der Waals surface area contributed by atoms with Crippen molar-refractivity contribution in [3.05, 3.63) is 34.1 Å². The van der Waals surface area contributed by atoms with Crippen LogP contribution in [0.3, 0.4) is 0 Å². The highest BCUT2D eigenvalue weighted by molar-refractivity contribution is 9.10. The monoisotopic (exact) mass is 331 g/mol. The van der Waals surface area contributed by atoms with Crippen molar-refractivity contribution in [3.8, 4) is 0 Å². The molecule has 1 aromatic carbocycles. The Morgan fingerprint density at radius 3 is 2.68 bits per heavy atom. The van der Waals surface area contributed by atoms with Gasteiger partial charge in [-0.15, -0.1) is 0 Å². The second kappa shape index (κ2) is 5.26. The molecule has 1 saturated heterocycles. The van der Waals surface area contributed by atoms with E-state index >= 15 is 0 Å². The number of carbonyl (C=O) groups excluding carboxylic acids is 1. The van der Waals surface area contributed by atoms with E-state index in [0.29, 0.717) is 0 Å². The van der Waals surface area contributed by atoms with Crippen molar-refractivity contribution in [2.24, 2.45) is 0 Å². The lowest BCUT2D eigenvalue weighted by Gasteiger charge is -2.21. The van der Waals surface area contributed by atoms with Gasteiger partial charge in [0.1, 0.15) is 11.9 Å². The van der Waals surface area contributed by atoms with Crippen LogP contribution in [0.15, 0.2) is 22.7 Å². The lowest BCUT2D eigenvalue weighted by atomic mass is 10.1. The van der Waals surface area contributed by atoms with Gasteiger partial charge >= 0.3 is 5.97 Å². The number of hydrogen-bond donors (Lipinski definition) is 2. The Balaban J connectivity index is 2.30. The van der Waals surface area contributed by atoms with Crippen LogP contribution in [0.1, 0.15) is 16.8 Å². The average molecular weight is 332 g/mol. The average Bonchev–Trinajstić information content (AvgIpc) is 2.70. The molecule has 0 saturated carbocycles. The van der Waals surface area contributed by atoms with Gasteiger partial charge in [-0.25, -0.2) is 9.18 Å². The Kier molecular flexibility index (Phi) is 3.86. The molecule has 1 aliphatic heterocycles. The van der Waals surface area contributed by atoms with Crippen molar-refractivity contribution < 1.29 is 24.2 Å². The Labute approximate surface area is 116 Å². The van der Waals surface area contributed by atoms with E-state index < -0.39 is 29.8 Å². The number of nitrogens with zero attached hydrogens (tertiary/aromatic N) is 1. The molecule has 1 amide bonds. The van der Waals surface area contributed by atoms with Crippen molar-refractivity contribution >= 4 is 27.8 Å². The summed E-state index contributed by atoms with van der Waals surface area (Å²) in [7, 11) is 0. The summed E-state index contributed by atoms with van der Waals surface area (Å²) in [5.74, 6) is -2.21. The van der Waals surface area contributed by atoms with Crippen molar-refractivity contribution in [3.63, 3.8) is 0 Å². The summed E-state index contributed by atoms with van der Waals surface area (Å²) >= 11 is 3.07. The SMILES string of the molecule is O=C(O)C1CC(O)CN1C(=O)c1ccc(F)cc1Br. The number of halogens is 2. The molecular formula is C12H11BrFNO4. The predicted molar refractivity (Wildman–Crippen MR) is 67.2 cm³/mol. The normalized spacial score (nSPS) is 22.6. The number of likely N-dealkylation sites (tertiary alicyclic amines) is 1. The first-order chi connectivity index (χ1) is 8.90. The number of aliphatic hydroxyl groups is 1. The van der Waals surface area contributed by atoms with Crippen LogP contribution >= 0.6 is 15.9 Å². The number of carboxylic acids is 1. The minimum absolute atomic E-state index is 0.000112. The van der Waals surface area contributed by atoms with Gasteiger partial charge in [0.15, 0.2) is 0 Å². The number of hydrogen-bond acceptors (Lipinski definition) is 3. The number of β-amino-alcohol motifs (C(OH)–C–C–N with tert-alkyl or cyclic N) is 1. The second-order valence-corrected chi connectivity index (χ2v) is 5.18. The molecule has 2 N–H and O–H groups in total. The third-order valence-electron chi connectivity index (χ3n) is 2.99. The molecule has 1 aliphatic rings. The number of benzene rings is 1. The maximum atomic E-state index is 13.0. The van der Waals surface area contributed by atoms with Gasteiger partial charge < -0.3 is 15.1 Å². The molecule has 102 valence electrons. The minimum Gasteiger partial charge on any atom is -0.480 e. The smallest absolute Gasteiger partial charge is 0.326 e. The number of carbonyl (C=O) groups is 2. The van der Waals surface area contributed by atoms with Crippen molar-refractivity contribution in [2.45, 2.75) is 18.6 Å². The molecule has 1 aromatic rings. The molecule has 19 heavy (non-hydrogen) atoms. The zero-order valence-corrected chi connectivity index (χ0v) is 11.3. The summed E-state index contributed by atoms with van der Waals surface area (Å²) in [5.41, 5.74) is 0.168. The Hall–Kier alpha value is -1.47. The topological polar surface area (TPSA) is 77.8 Å². The summed E-state index contributed by atoms with van der Waals surface area (Å²) in [6.45, 7) is -0.0420. The number of aliphatic carboxylic acids is 1. The van der Waals surface area contributed by atoms with Gasteiger partial charge in [-0.2, -0.15) is 0 Å². The second-order valence-electron chi connectivity index (χ2n) is 4.33. The minimum atomic E-state index is -1.16. The highest BCUT2D eigenvalue weighted by Gasteiger charge is 2.39. The number of aliphatic hydroxyl groups excluding tert-OH is 1. The van der Waals surface area contributed by atoms with Crippen LogP contribution in [0.5, 0.6) is 0 Å². The third-order valence-corrected chi connectivity index (χ3v) is 3.64. The van der Waals surface area contributed by atoms with Crippen LogP contribution in [0.4, 0.5) is 4.39 Å². The van der Waals surface area contributed by atoms with E-state index in [0.717, 1.165) is 17.0 Å². The summed E-state index contributed by atoms with van der Waals surface area (Å²) in [4.78, 5) is 24.4. The van der Waals surface area contributed by atoms with Crippen molar-refractivity contribution in [2.75, 3.05) is 6.54 Å². The van der Waals surface area contributed by atoms with E-state index in [4.69, 9.17) is 5.11 Å². The zero-order valence-electron chi connectivity index (χ0n) is 9.72. The Bertz CT molecular complexity index is 536. The summed E-state index contributed by atoms with van der Waals surface area (Å²) in [6, 6.07) is 2.49. The highest BCUT2D eigenvalue weighted by Crippen LogP contribution is 2.25. The first-order valence-corrected chi connectivity index (χ1v) is 6.36. The largest absolute Gasteiger partial charge is 0.480 e. The molecule has 5 nitrogen and oxygen atoms in total. The van der Waals surface area contributed by atoms with E-state index in [1.165, 1.54) is 6.07 Å². The zero-order chi connectivity index (χ0) is 14.2. The van der Waals surface area contributed by atoms with Gasteiger partial charge in [0.25, 0.3) is 5.91 Å². The molecule has 0 radical (unpaired) electrons. The number of rotatable bonds is 2. The first kappa shape index (κ1) is 14.0. The fourth-order valence-corrected chi connectivity index (χ4v) is 2.61. The standard InChI is InChI=1S/C12H11BrFNO4/c13-9-3-6(14)1-2-8(9)11(17)15-5-7(16)4-10(15)12(18)19/h1-3,7,10,16H,4-5H2,(H,18,19). The van der Waals surface area contributed by atoms with Crippen LogP contribution in [0, 0.1) is 5.82 Å². The molecule has 0 spiro atoms. The summed E-state index contributed by atoms with van der Waals surface area (Å²) in [5, 5.41) is 18.5. The van der Waals surface area contributed by atoms with E-state index in [9.17, 15) is 19.1 Å². The van der Waals surface area contributed by atoms with Crippen molar-refractivity contribution in [1.29, 1.82) is 0 Å². The van der Waals surface area contributed by atoms with Crippen LogP contribution < -0.4 is 0 Å². The number of amides is 1. The van der Waals surface area contributed by atoms with Gasteiger partial charge in [-0.1, -0.05) is 0 Å². The summed E-state index contributed by atoms with van der Waals surface area (Å²) < 4.78 is 13.2. The molecule has 0 bridgehead atoms. The number of carboxylic acid groups (broad SMARTS) is 1. The Morgan fingerprint density at radius 1 is 1.42 bits per heavy atom. The van der Waals surface area contributed by atoms with Crippen LogP contribution in [0.25, 0.3) is 0 Å². The first-order valence-electron chi connectivity index (χ1n) is 5.57. The molecule has 2 rings (SSSR count). The summed E-state index contributed by atoms with van der Waals surface area (Å²) in [6.07, 6.45) is -0.857. The van der Waals surface area contributed by atoms with E-state index in [2.05, 4.69) is 15.9 Å². The fourth-order valence-electron chi connectivity index (χ4n) is 2.09. The van der Waals surface area contributed by atoms with Gasteiger partial charge in [-0.05, 0) is 34.1 Å². The molecule has 7 heteroatoms. The van der Waals surface area contributed by atoms with Gasteiger partial charge in [0.05, 0.1) is 11.7 Å². The van der Waals surface area contributed by atoms with Gasteiger partial charge in [0, 0.05) is 17.4 Å². The van der Waals surface area contributed by atoms with E-state index in [1.54, 1.807) is 0 Å². The van der Waals surface area contributed by atoms with E-state index in [1.807, 2.05) is 0 Å². The third kappa shape index (κ3) is 2.76. The fraction of sp³-hybridized carbons (Fsp3) is 0.333. The lowest BCUT2D eigenvalue weighted by Crippen LogP contribution is -2.40. The van der Waals surface area contributed by atoms with E-state index in [-0.39, 0.29) is 23.0 Å². The van der Waals surface area contributed by atoms with Crippen LogP contribution in [0.2, 0.25) is 0 Å².